The lowest BCUT2D eigenvalue weighted by atomic mass is 9.80. The quantitative estimate of drug-likeness (QED) is 0.855. The normalized spacial score (nSPS) is 16.8. The Bertz CT molecular complexity index is 759. The number of rotatable bonds is 3. The summed E-state index contributed by atoms with van der Waals surface area (Å²) in [6.45, 7) is 3.42. The topological polar surface area (TPSA) is 35.5 Å². The number of ether oxygens (including phenoxy) is 2. The van der Waals surface area contributed by atoms with Crippen molar-refractivity contribution in [3.05, 3.63) is 71.0 Å². The van der Waals surface area contributed by atoms with E-state index in [1.165, 1.54) is 0 Å². The first kappa shape index (κ1) is 14.4. The molecule has 0 aromatic heterocycles. The van der Waals surface area contributed by atoms with Gasteiger partial charge in [-0.1, -0.05) is 36.4 Å². The second kappa shape index (κ2) is 5.68. The van der Waals surface area contributed by atoms with E-state index in [-0.39, 0.29) is 11.7 Å². The molecule has 1 heterocycles. The first-order valence-corrected chi connectivity index (χ1v) is 7.25. The molecule has 0 fully saturated rings. The fourth-order valence-corrected chi connectivity index (χ4v) is 3.07. The summed E-state index contributed by atoms with van der Waals surface area (Å²) in [5.41, 5.74) is 2.65. The van der Waals surface area contributed by atoms with Gasteiger partial charge in [0.2, 0.25) is 0 Å². The number of para-hydroxylation sites is 2. The van der Waals surface area contributed by atoms with Gasteiger partial charge >= 0.3 is 0 Å². The largest absolute Gasteiger partial charge is 0.496 e. The molecule has 0 saturated carbocycles. The number of allylic oxidation sites excluding steroid dienone is 2. The summed E-state index contributed by atoms with van der Waals surface area (Å²) in [5, 5.41) is 0. The third-order valence-corrected chi connectivity index (χ3v) is 3.99. The predicted molar refractivity (Wildman–Crippen MR) is 85.3 cm³/mol. The van der Waals surface area contributed by atoms with Crippen LogP contribution in [0.1, 0.15) is 30.9 Å². The maximum atomic E-state index is 12.2. The Morgan fingerprint density at radius 1 is 1.05 bits per heavy atom. The molecule has 0 aliphatic carbocycles. The van der Waals surface area contributed by atoms with Crippen LogP contribution in [0.15, 0.2) is 59.9 Å². The second-order valence-electron chi connectivity index (χ2n) is 5.34. The van der Waals surface area contributed by atoms with Crippen molar-refractivity contribution in [2.24, 2.45) is 0 Å². The van der Waals surface area contributed by atoms with Crippen molar-refractivity contribution in [3.8, 4) is 11.5 Å². The number of carbonyl (C=O) groups excluding carboxylic acids is 1. The van der Waals surface area contributed by atoms with Gasteiger partial charge in [-0.2, -0.15) is 0 Å². The number of methoxy groups -OCH3 is 1. The maximum absolute atomic E-state index is 12.2. The smallest absolute Gasteiger partial charge is 0.160 e. The average molecular weight is 294 g/mol. The number of benzene rings is 2. The molecule has 0 N–H and O–H groups in total. The zero-order chi connectivity index (χ0) is 15.7. The zero-order valence-corrected chi connectivity index (χ0v) is 12.9. The van der Waals surface area contributed by atoms with E-state index in [1.807, 2.05) is 55.5 Å². The fraction of sp³-hybridized carbons (Fsp3) is 0.211. The molecule has 0 bridgehead atoms. The molecule has 1 atom stereocenters. The Labute approximate surface area is 130 Å². The fourth-order valence-electron chi connectivity index (χ4n) is 3.07. The van der Waals surface area contributed by atoms with Gasteiger partial charge in [0.15, 0.2) is 5.78 Å². The van der Waals surface area contributed by atoms with Crippen molar-refractivity contribution < 1.29 is 14.3 Å². The van der Waals surface area contributed by atoms with Crippen LogP contribution in [-0.2, 0) is 4.79 Å². The lowest BCUT2D eigenvalue weighted by Gasteiger charge is -2.29. The highest BCUT2D eigenvalue weighted by Crippen LogP contribution is 2.45. The van der Waals surface area contributed by atoms with Crippen molar-refractivity contribution in [1.82, 2.24) is 0 Å². The SMILES string of the molecule is COc1ccccc1[C@H]1C(C(C)=O)=C(C)Oc2ccccc21. The van der Waals surface area contributed by atoms with Crippen molar-refractivity contribution in [2.45, 2.75) is 19.8 Å². The van der Waals surface area contributed by atoms with Crippen LogP contribution < -0.4 is 9.47 Å². The molecular weight excluding hydrogens is 276 g/mol. The molecule has 3 nitrogen and oxygen atoms in total. The van der Waals surface area contributed by atoms with Gasteiger partial charge in [0.1, 0.15) is 17.3 Å². The molecule has 1 aliphatic heterocycles. The van der Waals surface area contributed by atoms with Gasteiger partial charge in [0.05, 0.1) is 7.11 Å². The van der Waals surface area contributed by atoms with E-state index in [9.17, 15) is 4.79 Å². The van der Waals surface area contributed by atoms with Crippen LogP contribution >= 0.6 is 0 Å². The Kier molecular flexibility index (Phi) is 3.72. The minimum absolute atomic E-state index is 0.0166. The summed E-state index contributed by atoms with van der Waals surface area (Å²) < 4.78 is 11.4. The van der Waals surface area contributed by atoms with Gasteiger partial charge in [-0.25, -0.2) is 0 Å². The zero-order valence-electron chi connectivity index (χ0n) is 12.9. The predicted octanol–water partition coefficient (Wildman–Crippen LogP) is 4.08. The number of fused-ring (bicyclic) bond motifs is 1. The third kappa shape index (κ3) is 2.29. The average Bonchev–Trinajstić information content (AvgIpc) is 2.53. The van der Waals surface area contributed by atoms with E-state index in [0.717, 1.165) is 22.6 Å². The minimum Gasteiger partial charge on any atom is -0.496 e. The number of hydrogen-bond acceptors (Lipinski definition) is 3. The number of carbonyl (C=O) groups is 1. The number of ketones is 1. The summed E-state index contributed by atoms with van der Waals surface area (Å²) in [6, 6.07) is 15.6. The summed E-state index contributed by atoms with van der Waals surface area (Å²) >= 11 is 0. The highest BCUT2D eigenvalue weighted by Gasteiger charge is 2.33. The molecule has 0 amide bonds. The van der Waals surface area contributed by atoms with Crippen LogP contribution in [0, 0.1) is 0 Å². The van der Waals surface area contributed by atoms with E-state index in [4.69, 9.17) is 9.47 Å². The van der Waals surface area contributed by atoms with Crippen LogP contribution in [0.25, 0.3) is 0 Å². The second-order valence-corrected chi connectivity index (χ2v) is 5.34. The molecule has 112 valence electrons. The first-order valence-electron chi connectivity index (χ1n) is 7.25. The van der Waals surface area contributed by atoms with E-state index < -0.39 is 0 Å². The van der Waals surface area contributed by atoms with Crippen LogP contribution in [0.3, 0.4) is 0 Å². The van der Waals surface area contributed by atoms with Gasteiger partial charge in [0.25, 0.3) is 0 Å². The van der Waals surface area contributed by atoms with Crippen LogP contribution in [-0.4, -0.2) is 12.9 Å². The van der Waals surface area contributed by atoms with Gasteiger partial charge in [-0.15, -0.1) is 0 Å². The lowest BCUT2D eigenvalue weighted by Crippen LogP contribution is -2.20. The lowest BCUT2D eigenvalue weighted by molar-refractivity contribution is -0.114. The summed E-state index contributed by atoms with van der Waals surface area (Å²) in [5.74, 6) is 2.07. The molecule has 3 heteroatoms. The van der Waals surface area contributed by atoms with E-state index >= 15 is 0 Å². The summed E-state index contributed by atoms with van der Waals surface area (Å²) in [7, 11) is 1.65. The standard InChI is InChI=1S/C19H18O3/c1-12(20)18-13(2)22-17-11-7-5-9-15(17)19(18)14-8-4-6-10-16(14)21-3/h4-11,19H,1-3H3/t19-/m1/s1. The van der Waals surface area contributed by atoms with Gasteiger partial charge in [-0.3, -0.25) is 4.79 Å². The monoisotopic (exact) mass is 294 g/mol. The molecule has 1 aliphatic rings. The Hall–Kier alpha value is -2.55. The maximum Gasteiger partial charge on any atom is 0.160 e. The molecule has 0 radical (unpaired) electrons. The molecule has 3 rings (SSSR count). The van der Waals surface area contributed by atoms with Crippen LogP contribution in [0.4, 0.5) is 0 Å². The Morgan fingerprint density at radius 2 is 1.68 bits per heavy atom. The molecular formula is C19H18O3. The first-order chi connectivity index (χ1) is 10.6. The Morgan fingerprint density at radius 3 is 2.36 bits per heavy atom. The van der Waals surface area contributed by atoms with Gasteiger partial charge in [-0.05, 0) is 26.0 Å². The molecule has 0 saturated heterocycles. The van der Waals surface area contributed by atoms with Crippen molar-refractivity contribution in [2.75, 3.05) is 7.11 Å². The summed E-state index contributed by atoms with van der Waals surface area (Å²) in [6.07, 6.45) is 0. The van der Waals surface area contributed by atoms with Crippen molar-refractivity contribution in [3.63, 3.8) is 0 Å². The van der Waals surface area contributed by atoms with Gasteiger partial charge in [0, 0.05) is 22.6 Å². The van der Waals surface area contributed by atoms with E-state index in [0.29, 0.717) is 11.3 Å². The molecule has 2 aromatic rings. The molecule has 2 aromatic carbocycles. The van der Waals surface area contributed by atoms with E-state index in [1.54, 1.807) is 14.0 Å². The number of hydrogen-bond donors (Lipinski definition) is 0. The highest BCUT2D eigenvalue weighted by atomic mass is 16.5. The van der Waals surface area contributed by atoms with Crippen LogP contribution in [0.2, 0.25) is 0 Å². The van der Waals surface area contributed by atoms with Crippen LogP contribution in [0.5, 0.6) is 11.5 Å². The molecule has 22 heavy (non-hydrogen) atoms. The van der Waals surface area contributed by atoms with E-state index in [2.05, 4.69) is 0 Å². The van der Waals surface area contributed by atoms with Crippen molar-refractivity contribution >= 4 is 5.78 Å². The number of Topliss-reactive ketones (excluding diaryl/α,β-unsaturated/α-hetero) is 1. The minimum atomic E-state index is -0.168. The van der Waals surface area contributed by atoms with Gasteiger partial charge < -0.3 is 9.47 Å². The Balaban J connectivity index is 2.27. The molecule has 0 spiro atoms. The highest BCUT2D eigenvalue weighted by molar-refractivity contribution is 5.97. The summed E-state index contributed by atoms with van der Waals surface area (Å²) in [4.78, 5) is 12.2. The van der Waals surface area contributed by atoms with Crippen molar-refractivity contribution in [1.29, 1.82) is 0 Å². The third-order valence-electron chi connectivity index (χ3n) is 3.99. The molecule has 0 unspecified atom stereocenters.